The number of methoxy groups -OCH3 is 1. The van der Waals surface area contributed by atoms with Gasteiger partial charge in [0.2, 0.25) is 11.8 Å². The fourth-order valence-corrected chi connectivity index (χ4v) is 11.5. The molecule has 6 N–H and O–H groups in total. The first-order valence-electron chi connectivity index (χ1n) is 29.5. The van der Waals surface area contributed by atoms with Gasteiger partial charge in [-0.15, -0.1) is 0 Å². The summed E-state index contributed by atoms with van der Waals surface area (Å²) >= 11 is 10.0. The molecule has 4 bridgehead atoms. The molecular weight excluding hydrogens is 1210 g/mol. The molecule has 0 spiro atoms. The number of amides is 5. The van der Waals surface area contributed by atoms with Gasteiger partial charge >= 0.3 is 23.9 Å². The molecule has 1 unspecified atom stereocenters. The van der Waals surface area contributed by atoms with Gasteiger partial charge in [0.15, 0.2) is 5.78 Å². The number of unbranched alkanes of at least 4 members (excludes halogenated alkanes) is 1. The van der Waals surface area contributed by atoms with E-state index in [-0.39, 0.29) is 74.0 Å². The number of fused-ring (bicyclic) bond motifs is 5. The van der Waals surface area contributed by atoms with E-state index in [4.69, 9.17) is 41.0 Å². The number of carbonyl (C=O) groups is 9. The number of anilines is 1. The lowest BCUT2D eigenvalue weighted by Crippen LogP contribution is -2.53. The predicted molar refractivity (Wildman–Crippen MR) is 330 cm³/mol. The highest BCUT2D eigenvalue weighted by Crippen LogP contribution is 2.50. The first-order chi connectivity index (χ1) is 40.8. The Labute approximate surface area is 523 Å². The van der Waals surface area contributed by atoms with Crippen LogP contribution < -0.4 is 21.3 Å². The van der Waals surface area contributed by atoms with Crippen molar-refractivity contribution in [2.24, 2.45) is 23.5 Å². The molecule has 87 heavy (non-hydrogen) atoms. The Bertz CT molecular complexity index is 2970. The van der Waals surface area contributed by atoms with Crippen molar-refractivity contribution in [3.8, 4) is 5.75 Å². The number of carbonyl (C=O) groups excluding carboxylic acids is 9. The number of hydrogen-bond donors (Lipinski definition) is 5. The number of phenols is 1. The Morgan fingerprint density at radius 1 is 1.03 bits per heavy atom. The molecule has 0 radical (unpaired) electrons. The number of rotatable bonds is 25. The summed E-state index contributed by atoms with van der Waals surface area (Å²) in [5, 5.41) is 29.3. The molecule has 11 atom stereocenters. The molecular formula is C64H87BrClN5O16. The van der Waals surface area contributed by atoms with Crippen LogP contribution in [0.2, 0.25) is 5.02 Å². The van der Waals surface area contributed by atoms with E-state index in [9.17, 15) is 53.4 Å². The lowest BCUT2D eigenvalue weighted by Gasteiger charge is -2.41. The number of likely N-dealkylation sites (N-methyl/N-ethyl adjacent to an activating group) is 1. The summed E-state index contributed by atoms with van der Waals surface area (Å²) < 4.78 is 29.5. The number of hydrogen-bond acceptors (Lipinski definition) is 16. The van der Waals surface area contributed by atoms with Crippen LogP contribution in [0.25, 0.3) is 0 Å². The van der Waals surface area contributed by atoms with E-state index in [1.165, 1.54) is 38.1 Å². The van der Waals surface area contributed by atoms with Gasteiger partial charge < -0.3 is 60.1 Å². The molecule has 3 aliphatic heterocycles. The molecule has 3 heterocycles. The molecule has 23 heteroatoms. The maximum atomic E-state index is 14.5. The van der Waals surface area contributed by atoms with E-state index < -0.39 is 126 Å². The average molecular weight is 1300 g/mol. The maximum Gasteiger partial charge on any atom is 0.334 e. The van der Waals surface area contributed by atoms with Gasteiger partial charge in [0.05, 0.1) is 41.8 Å². The third-order valence-electron chi connectivity index (χ3n) is 16.7. The number of nitrogens with zero attached hydrogens (tertiary/aromatic N) is 2. The number of urea groups is 1. The van der Waals surface area contributed by atoms with E-state index in [2.05, 4.69) is 33.1 Å². The summed E-state index contributed by atoms with van der Waals surface area (Å²) in [5.41, 5.74) is 5.53. The number of primary amides is 1. The lowest BCUT2D eigenvalue weighted by molar-refractivity contribution is -0.187. The van der Waals surface area contributed by atoms with Gasteiger partial charge in [-0.05, 0) is 108 Å². The molecule has 5 amide bonds. The van der Waals surface area contributed by atoms with E-state index in [0.717, 1.165) is 27.7 Å². The molecule has 0 aliphatic carbocycles. The van der Waals surface area contributed by atoms with Gasteiger partial charge in [-0.25, -0.2) is 14.4 Å². The van der Waals surface area contributed by atoms with Crippen molar-refractivity contribution in [1.82, 2.24) is 15.5 Å². The Balaban J connectivity index is 1.31. The highest BCUT2D eigenvalue weighted by atomic mass is 79.9. The number of aliphatic hydroxyl groups is 1. The van der Waals surface area contributed by atoms with Crippen LogP contribution in [-0.4, -0.2) is 155 Å². The van der Waals surface area contributed by atoms with Crippen molar-refractivity contribution in [2.75, 3.05) is 38.0 Å². The first-order valence-corrected chi connectivity index (χ1v) is 31.0. The number of aryl methyl sites for hydroxylation is 1. The zero-order valence-corrected chi connectivity index (χ0v) is 54.2. The fourth-order valence-electron chi connectivity index (χ4n) is 11.1. The van der Waals surface area contributed by atoms with Crippen molar-refractivity contribution in [3.05, 3.63) is 93.6 Å². The van der Waals surface area contributed by atoms with Gasteiger partial charge in [-0.2, -0.15) is 0 Å². The highest BCUT2D eigenvalue weighted by molar-refractivity contribution is 9.09. The van der Waals surface area contributed by atoms with Crippen LogP contribution in [0.5, 0.6) is 5.75 Å². The number of halogens is 2. The van der Waals surface area contributed by atoms with Crippen molar-refractivity contribution >= 4 is 86.4 Å². The second kappa shape index (κ2) is 31.6. The van der Waals surface area contributed by atoms with Gasteiger partial charge in [0.25, 0.3) is 5.91 Å². The number of Topliss-reactive ketones (excluding diaryl/α,β-unsaturated/α-hetero) is 2. The normalized spacial score (nSPS) is 24.6. The molecule has 3 aliphatic rings. The molecule has 5 rings (SSSR count). The zero-order chi connectivity index (χ0) is 64.8. The van der Waals surface area contributed by atoms with Crippen LogP contribution in [0.1, 0.15) is 140 Å². The first kappa shape index (κ1) is 71.3. The number of aromatic hydroxyl groups is 1. The molecule has 2 fully saturated rings. The lowest BCUT2D eigenvalue weighted by atomic mass is 9.78. The number of nitrogens with one attached hydrogen (secondary N) is 2. The summed E-state index contributed by atoms with van der Waals surface area (Å²) in [7, 11) is 4.36. The number of ether oxygens (including phenoxy) is 5. The number of phenolic OH excluding ortho intramolecular Hbond substituents is 1. The average Bonchev–Trinajstić information content (AvgIpc) is 1.59. The number of ketones is 2. The van der Waals surface area contributed by atoms with E-state index in [1.54, 1.807) is 53.8 Å². The molecule has 2 aromatic rings. The van der Waals surface area contributed by atoms with Crippen molar-refractivity contribution < 1.29 is 77.0 Å². The Hall–Kier alpha value is -6.46. The summed E-state index contributed by atoms with van der Waals surface area (Å²) in [6.45, 7) is 17.7. The van der Waals surface area contributed by atoms with Crippen LogP contribution >= 0.6 is 27.5 Å². The second-order valence-corrected chi connectivity index (χ2v) is 25.0. The van der Waals surface area contributed by atoms with E-state index >= 15 is 0 Å². The zero-order valence-electron chi connectivity index (χ0n) is 51.8. The second-order valence-electron chi connectivity index (χ2n) is 24.0. The number of alkyl halides is 1. The third-order valence-corrected chi connectivity index (χ3v) is 17.9. The minimum absolute atomic E-state index is 0.0183. The summed E-state index contributed by atoms with van der Waals surface area (Å²) in [6, 6.07) is 4.44. The fraction of sp³-hybridized carbons (Fsp3) is 0.578. The minimum atomic E-state index is -1.66. The summed E-state index contributed by atoms with van der Waals surface area (Å²) in [6.07, 6.45) is 2.50. The SMILES string of the molecule is C=C(CBr)C(=O)OC(C)CCCCC(=O)C[C@H](C(=O)N[C@@H](CCCNC(N)=O)C(=O)Cc1ccc(C(=O)N(C)[C@@H](C)C(=O)O[C@H]2CC(=O)N(C)c3cc(cc(C)c3Cl)C/C(C)=C/C=C/[C@@H](OC)[C@]3(O)CC(=O)O[C@@H](C3)[C@@H](C)[C@@H]3O[C@@]23C)cc1O)C(C)C. The quantitative estimate of drug-likeness (QED) is 0.0158. The number of allylic oxidation sites excluding steroid dienone is 3. The highest BCUT2D eigenvalue weighted by Gasteiger charge is 2.64. The van der Waals surface area contributed by atoms with Crippen LogP contribution in [0.15, 0.2) is 66.3 Å². The van der Waals surface area contributed by atoms with Gasteiger partial charge in [0, 0.05) is 87.3 Å². The van der Waals surface area contributed by atoms with Crippen molar-refractivity contribution in [3.63, 3.8) is 0 Å². The molecule has 21 nitrogen and oxygen atoms in total. The third kappa shape index (κ3) is 19.3. The van der Waals surface area contributed by atoms with Crippen molar-refractivity contribution in [1.29, 1.82) is 0 Å². The Morgan fingerprint density at radius 2 is 1.74 bits per heavy atom. The predicted octanol–water partition coefficient (Wildman–Crippen LogP) is 7.80. The van der Waals surface area contributed by atoms with E-state index in [0.29, 0.717) is 47.3 Å². The standard InChI is InChI=1S/C64H87BrClN5O16/c1-35(2)46(30-45(72)19-14-13-18-39(6)84-60(79)38(5)34-65)58(77)69-47(20-16-24-68-62(67)81)50(74)28-43-22-23-44(29-49(43)73)59(78)70(10)41(8)61(80)86-53-31-54(75)71(11)48-27-42(26-37(4)56(48)66)25-36(3)17-15-21-52(83-12)64(82)32-51(85-55(76)33-64)40(7)57-63(53,9)87-57/h15,17,21-23,26-27,29,35,39-41,46-47,51-53,57,73,82H,5,13-14,16,18-20,24-25,28,30-34H2,1-4,6-12H3,(H,69,77)(H3,67,68,81)/b21-15+,36-17+/t39?,40-,41+,46+,47+,51+,52-,53+,57+,63+,64-/m1/s1. The van der Waals surface area contributed by atoms with Crippen LogP contribution in [0.3, 0.4) is 0 Å². The molecule has 0 aromatic heterocycles. The topological polar surface area (TPSA) is 300 Å². The molecule has 478 valence electrons. The van der Waals surface area contributed by atoms with Crippen LogP contribution in [0.4, 0.5) is 10.5 Å². The molecule has 2 saturated heterocycles. The van der Waals surface area contributed by atoms with Crippen LogP contribution in [-0.2, 0) is 70.1 Å². The van der Waals surface area contributed by atoms with Gasteiger partial charge in [-0.1, -0.05) is 90.8 Å². The Morgan fingerprint density at radius 3 is 2.38 bits per heavy atom. The van der Waals surface area contributed by atoms with Gasteiger partial charge in [-0.3, -0.25) is 28.8 Å². The largest absolute Gasteiger partial charge is 0.508 e. The summed E-state index contributed by atoms with van der Waals surface area (Å²) in [5.74, 6) is -6.56. The number of esters is 3. The van der Waals surface area contributed by atoms with E-state index in [1.807, 2.05) is 32.1 Å². The smallest absolute Gasteiger partial charge is 0.334 e. The maximum absolute atomic E-state index is 14.5. The summed E-state index contributed by atoms with van der Waals surface area (Å²) in [4.78, 5) is 123. The number of epoxide rings is 1. The number of benzene rings is 2. The minimum Gasteiger partial charge on any atom is -0.508 e. The van der Waals surface area contributed by atoms with Gasteiger partial charge in [0.1, 0.15) is 47.1 Å². The van der Waals surface area contributed by atoms with Crippen LogP contribution in [0, 0.1) is 24.7 Å². The monoisotopic (exact) mass is 1300 g/mol. The molecule has 2 aromatic carbocycles. The molecule has 0 saturated carbocycles. The van der Waals surface area contributed by atoms with Crippen molar-refractivity contribution in [2.45, 2.75) is 186 Å². The number of nitrogens with two attached hydrogens (primary N) is 1. The Kier molecular flexibility index (Phi) is 25.9.